The standard InChI is InChI=1S/C11H10N2O4/c1-7-12-11(13-17-7)8-4-2-3-5-9(8)16-6-10(14)15/h2-5H,6H2,1H3,(H,14,15). The molecule has 1 aromatic carbocycles. The van der Waals surface area contributed by atoms with Crippen LogP contribution in [0.1, 0.15) is 5.89 Å². The molecule has 0 saturated carbocycles. The Morgan fingerprint density at radius 1 is 1.47 bits per heavy atom. The zero-order valence-electron chi connectivity index (χ0n) is 9.08. The highest BCUT2D eigenvalue weighted by Gasteiger charge is 2.12. The van der Waals surface area contributed by atoms with E-state index in [9.17, 15) is 4.79 Å². The van der Waals surface area contributed by atoms with Crippen LogP contribution in [0.25, 0.3) is 11.4 Å². The highest BCUT2D eigenvalue weighted by atomic mass is 16.5. The SMILES string of the molecule is Cc1nc(-c2ccccc2OCC(=O)O)no1. The fraction of sp³-hybridized carbons (Fsp3) is 0.182. The third-order valence-electron chi connectivity index (χ3n) is 2.01. The first-order chi connectivity index (χ1) is 8.16. The van der Waals surface area contributed by atoms with Crippen LogP contribution in [0.2, 0.25) is 0 Å². The Kier molecular flexibility index (Phi) is 3.04. The number of para-hydroxylation sites is 1. The number of rotatable bonds is 4. The van der Waals surface area contributed by atoms with Gasteiger partial charge in [0.15, 0.2) is 6.61 Å². The van der Waals surface area contributed by atoms with Gasteiger partial charge in [0.05, 0.1) is 5.56 Å². The van der Waals surface area contributed by atoms with Crippen LogP contribution in [0, 0.1) is 6.92 Å². The van der Waals surface area contributed by atoms with Crippen LogP contribution >= 0.6 is 0 Å². The van der Waals surface area contributed by atoms with Crippen molar-refractivity contribution in [3.05, 3.63) is 30.2 Å². The quantitative estimate of drug-likeness (QED) is 0.862. The summed E-state index contributed by atoms with van der Waals surface area (Å²) in [6.45, 7) is 1.27. The van der Waals surface area contributed by atoms with E-state index >= 15 is 0 Å². The number of hydrogen-bond donors (Lipinski definition) is 1. The molecule has 0 saturated heterocycles. The van der Waals surface area contributed by atoms with E-state index in [0.717, 1.165) is 0 Å². The van der Waals surface area contributed by atoms with E-state index in [0.29, 0.717) is 23.0 Å². The Morgan fingerprint density at radius 3 is 2.88 bits per heavy atom. The summed E-state index contributed by atoms with van der Waals surface area (Å²) in [6, 6.07) is 6.92. The van der Waals surface area contributed by atoms with Crippen molar-refractivity contribution in [2.75, 3.05) is 6.61 Å². The van der Waals surface area contributed by atoms with E-state index in [1.165, 1.54) is 0 Å². The van der Waals surface area contributed by atoms with E-state index in [4.69, 9.17) is 14.4 Å². The second kappa shape index (κ2) is 4.65. The molecule has 0 radical (unpaired) electrons. The molecule has 1 heterocycles. The number of carboxylic acid groups (broad SMARTS) is 1. The maximum absolute atomic E-state index is 10.4. The molecule has 88 valence electrons. The molecule has 1 aromatic heterocycles. The van der Waals surface area contributed by atoms with Crippen molar-refractivity contribution >= 4 is 5.97 Å². The van der Waals surface area contributed by atoms with Crippen LogP contribution in [-0.4, -0.2) is 27.8 Å². The van der Waals surface area contributed by atoms with Gasteiger partial charge in [0.1, 0.15) is 5.75 Å². The zero-order chi connectivity index (χ0) is 12.3. The van der Waals surface area contributed by atoms with Gasteiger partial charge in [-0.3, -0.25) is 0 Å². The summed E-state index contributed by atoms with van der Waals surface area (Å²) in [5, 5.41) is 12.3. The first-order valence-electron chi connectivity index (χ1n) is 4.91. The zero-order valence-corrected chi connectivity index (χ0v) is 9.08. The molecule has 0 amide bonds. The predicted molar refractivity (Wildman–Crippen MR) is 57.6 cm³/mol. The van der Waals surface area contributed by atoms with E-state index in [2.05, 4.69) is 10.1 Å². The van der Waals surface area contributed by atoms with Crippen molar-refractivity contribution in [1.82, 2.24) is 10.1 Å². The van der Waals surface area contributed by atoms with Crippen LogP contribution in [-0.2, 0) is 4.79 Å². The van der Waals surface area contributed by atoms with Gasteiger partial charge in [-0.05, 0) is 12.1 Å². The van der Waals surface area contributed by atoms with E-state index < -0.39 is 12.6 Å². The molecule has 0 bridgehead atoms. The predicted octanol–water partition coefficient (Wildman–Crippen LogP) is 1.51. The van der Waals surface area contributed by atoms with Crippen molar-refractivity contribution in [3.63, 3.8) is 0 Å². The van der Waals surface area contributed by atoms with Crippen LogP contribution in [0.15, 0.2) is 28.8 Å². The number of hydrogen-bond acceptors (Lipinski definition) is 5. The van der Waals surface area contributed by atoms with Gasteiger partial charge in [-0.25, -0.2) is 4.79 Å². The number of aromatic nitrogens is 2. The van der Waals surface area contributed by atoms with Crippen LogP contribution in [0.4, 0.5) is 0 Å². The average molecular weight is 234 g/mol. The van der Waals surface area contributed by atoms with Crippen LogP contribution in [0.3, 0.4) is 0 Å². The minimum atomic E-state index is -1.04. The summed E-state index contributed by atoms with van der Waals surface area (Å²) in [7, 11) is 0. The molecule has 0 spiro atoms. The average Bonchev–Trinajstić information content (AvgIpc) is 2.73. The molecule has 17 heavy (non-hydrogen) atoms. The van der Waals surface area contributed by atoms with Gasteiger partial charge in [-0.1, -0.05) is 17.3 Å². The first-order valence-corrected chi connectivity index (χ1v) is 4.91. The number of nitrogens with zero attached hydrogens (tertiary/aromatic N) is 2. The van der Waals surface area contributed by atoms with Crippen molar-refractivity contribution in [2.45, 2.75) is 6.92 Å². The highest BCUT2D eigenvalue weighted by molar-refractivity contribution is 5.70. The van der Waals surface area contributed by atoms with Crippen molar-refractivity contribution in [2.24, 2.45) is 0 Å². The fourth-order valence-electron chi connectivity index (χ4n) is 1.33. The molecular weight excluding hydrogens is 224 g/mol. The number of carboxylic acids is 1. The minimum Gasteiger partial charge on any atom is -0.481 e. The number of ether oxygens (including phenoxy) is 1. The number of aryl methyl sites for hydroxylation is 1. The second-order valence-corrected chi connectivity index (χ2v) is 3.32. The van der Waals surface area contributed by atoms with Gasteiger partial charge in [0.2, 0.25) is 11.7 Å². The second-order valence-electron chi connectivity index (χ2n) is 3.32. The summed E-state index contributed by atoms with van der Waals surface area (Å²) in [4.78, 5) is 14.5. The molecule has 0 fully saturated rings. The monoisotopic (exact) mass is 234 g/mol. The molecule has 1 N–H and O–H groups in total. The lowest BCUT2D eigenvalue weighted by atomic mass is 10.2. The maximum atomic E-state index is 10.4. The molecule has 2 aromatic rings. The van der Waals surface area contributed by atoms with Crippen molar-refractivity contribution < 1.29 is 19.2 Å². The summed E-state index contributed by atoms with van der Waals surface area (Å²) >= 11 is 0. The lowest BCUT2D eigenvalue weighted by Crippen LogP contribution is -2.10. The summed E-state index contributed by atoms with van der Waals surface area (Å²) in [5.41, 5.74) is 0.602. The minimum absolute atomic E-state index is 0.378. The van der Waals surface area contributed by atoms with Gasteiger partial charge < -0.3 is 14.4 Å². The van der Waals surface area contributed by atoms with E-state index in [1.54, 1.807) is 31.2 Å². The van der Waals surface area contributed by atoms with Crippen molar-refractivity contribution in [3.8, 4) is 17.1 Å². The molecule has 0 atom stereocenters. The summed E-state index contributed by atoms with van der Waals surface area (Å²) in [5.74, 6) is 0.191. The lowest BCUT2D eigenvalue weighted by molar-refractivity contribution is -0.139. The molecular formula is C11H10N2O4. The Hall–Kier alpha value is -2.37. The smallest absolute Gasteiger partial charge is 0.341 e. The lowest BCUT2D eigenvalue weighted by Gasteiger charge is -2.06. The Morgan fingerprint density at radius 2 is 2.24 bits per heavy atom. The largest absolute Gasteiger partial charge is 0.481 e. The molecule has 0 aliphatic rings. The summed E-state index contributed by atoms with van der Waals surface area (Å²) < 4.78 is 10.0. The van der Waals surface area contributed by atoms with Gasteiger partial charge in [0.25, 0.3) is 0 Å². The maximum Gasteiger partial charge on any atom is 0.341 e. The Labute approximate surface area is 96.8 Å². The first kappa shape index (κ1) is 11.1. The number of aliphatic carboxylic acids is 1. The normalized spacial score (nSPS) is 10.2. The van der Waals surface area contributed by atoms with Crippen LogP contribution in [0.5, 0.6) is 5.75 Å². The third kappa shape index (κ3) is 2.60. The molecule has 0 aliphatic heterocycles. The Balaban J connectivity index is 2.30. The molecule has 0 aliphatic carbocycles. The van der Waals surface area contributed by atoms with Crippen LogP contribution < -0.4 is 4.74 Å². The summed E-state index contributed by atoms with van der Waals surface area (Å²) in [6.07, 6.45) is 0. The highest BCUT2D eigenvalue weighted by Crippen LogP contribution is 2.27. The van der Waals surface area contributed by atoms with Crippen molar-refractivity contribution in [1.29, 1.82) is 0 Å². The van der Waals surface area contributed by atoms with Gasteiger partial charge >= 0.3 is 5.97 Å². The molecule has 6 nitrogen and oxygen atoms in total. The van der Waals surface area contributed by atoms with Gasteiger partial charge in [0, 0.05) is 6.92 Å². The topological polar surface area (TPSA) is 85.5 Å². The third-order valence-corrected chi connectivity index (χ3v) is 2.01. The van der Waals surface area contributed by atoms with Gasteiger partial charge in [-0.15, -0.1) is 0 Å². The Bertz CT molecular complexity index is 536. The fourth-order valence-corrected chi connectivity index (χ4v) is 1.33. The number of carbonyl (C=O) groups is 1. The number of benzene rings is 1. The molecule has 2 rings (SSSR count). The molecule has 0 unspecified atom stereocenters. The van der Waals surface area contributed by atoms with E-state index in [1.807, 2.05) is 0 Å². The van der Waals surface area contributed by atoms with E-state index in [-0.39, 0.29) is 0 Å². The van der Waals surface area contributed by atoms with Gasteiger partial charge in [-0.2, -0.15) is 4.98 Å². The molecule has 6 heteroatoms.